The standard InChI is InChI=1S/C59H38N4O/c1-5-18-37(19-6-1)48-35-51-54(45-28-15-13-26-42(45)48)55-46-29-16-14-27-43(46)49(38-20-7-2-8-21-38)36-52(55)63(51)50-31-17-30-47-44-33-32-41(34-53(44)64-56(47)50)59-61-57(39-22-9-3-10-23-39)60-58(62-59)40-24-11-4-12-25-40/h1-33,35-36,41H,34H2. The first kappa shape index (κ1) is 36.3. The van der Waals surface area contributed by atoms with Crippen molar-refractivity contribution < 1.29 is 4.42 Å². The number of furan rings is 1. The van der Waals surface area contributed by atoms with Gasteiger partial charge in [0.2, 0.25) is 0 Å². The predicted octanol–water partition coefficient (Wildman–Crippen LogP) is 15.0. The third kappa shape index (κ3) is 5.75. The van der Waals surface area contributed by atoms with Crippen LogP contribution in [0.4, 0.5) is 0 Å². The second-order valence-electron chi connectivity index (χ2n) is 16.6. The van der Waals surface area contributed by atoms with Crippen LogP contribution in [0, 0.1) is 0 Å². The second kappa shape index (κ2) is 14.6. The number of rotatable bonds is 6. The number of hydrogen-bond acceptors (Lipinski definition) is 4. The number of para-hydroxylation sites is 1. The van der Waals surface area contributed by atoms with Gasteiger partial charge in [0.1, 0.15) is 11.6 Å². The zero-order valence-corrected chi connectivity index (χ0v) is 34.7. The Labute approximate surface area is 369 Å². The van der Waals surface area contributed by atoms with Crippen LogP contribution in [0.15, 0.2) is 211 Å². The molecule has 0 radical (unpaired) electrons. The molecule has 300 valence electrons. The molecule has 64 heavy (non-hydrogen) atoms. The molecule has 0 fully saturated rings. The molecule has 5 heteroatoms. The molecular weight excluding hydrogens is 781 g/mol. The average Bonchev–Trinajstić information content (AvgIpc) is 3.92. The molecule has 0 aliphatic heterocycles. The fourth-order valence-corrected chi connectivity index (χ4v) is 10.0. The molecule has 3 heterocycles. The second-order valence-corrected chi connectivity index (χ2v) is 16.6. The average molecular weight is 819 g/mol. The fourth-order valence-electron chi connectivity index (χ4n) is 10.0. The van der Waals surface area contributed by atoms with Crippen molar-refractivity contribution >= 4 is 60.4 Å². The lowest BCUT2D eigenvalue weighted by molar-refractivity contribution is 0.526. The predicted molar refractivity (Wildman–Crippen MR) is 263 cm³/mol. The van der Waals surface area contributed by atoms with Gasteiger partial charge in [-0.2, -0.15) is 0 Å². The number of benzene rings is 9. The Morgan fingerprint density at radius 2 is 0.891 bits per heavy atom. The molecule has 3 aromatic heterocycles. The molecule has 9 aromatic carbocycles. The molecule has 0 saturated carbocycles. The summed E-state index contributed by atoms with van der Waals surface area (Å²) in [6, 6.07) is 71.0. The Morgan fingerprint density at radius 1 is 0.438 bits per heavy atom. The van der Waals surface area contributed by atoms with Gasteiger partial charge in [-0.1, -0.05) is 194 Å². The van der Waals surface area contributed by atoms with Crippen LogP contribution in [0.1, 0.15) is 23.1 Å². The number of fused-ring (bicyclic) bond motifs is 10. The fraction of sp³-hybridized carbons (Fsp3) is 0.0339. The molecule has 0 saturated heterocycles. The van der Waals surface area contributed by atoms with E-state index in [0.717, 1.165) is 56.0 Å². The molecule has 1 aliphatic carbocycles. The number of nitrogens with zero attached hydrogens (tertiary/aromatic N) is 4. The van der Waals surface area contributed by atoms with E-state index in [9.17, 15) is 0 Å². The first-order valence-corrected chi connectivity index (χ1v) is 21.9. The van der Waals surface area contributed by atoms with Crippen LogP contribution >= 0.6 is 0 Å². The largest absolute Gasteiger partial charge is 0.458 e. The maximum atomic E-state index is 7.19. The molecule has 0 bridgehead atoms. The Kier molecular flexibility index (Phi) is 8.28. The van der Waals surface area contributed by atoms with E-state index in [0.29, 0.717) is 18.1 Å². The van der Waals surface area contributed by atoms with Crippen LogP contribution in [0.3, 0.4) is 0 Å². The molecule has 0 spiro atoms. The van der Waals surface area contributed by atoms with Crippen molar-refractivity contribution in [1.29, 1.82) is 0 Å². The van der Waals surface area contributed by atoms with Crippen LogP contribution in [0.25, 0.3) is 111 Å². The SMILES string of the molecule is C1=CC(c2nc(-c3ccccc3)nc(-c3ccccc3)n2)Cc2oc3c(-n4c5cc(-c6ccccc6)c6ccccc6c5c5c6ccccc6c(-c6ccccc6)cc54)cccc3c21. The van der Waals surface area contributed by atoms with Gasteiger partial charge >= 0.3 is 0 Å². The van der Waals surface area contributed by atoms with Crippen LogP contribution in [-0.4, -0.2) is 19.5 Å². The summed E-state index contributed by atoms with van der Waals surface area (Å²) in [7, 11) is 0. The molecule has 1 atom stereocenters. The van der Waals surface area contributed by atoms with Gasteiger partial charge in [-0.05, 0) is 62.0 Å². The molecular formula is C59H38N4O. The van der Waals surface area contributed by atoms with Gasteiger partial charge < -0.3 is 8.98 Å². The minimum absolute atomic E-state index is 0.114. The van der Waals surface area contributed by atoms with Gasteiger partial charge in [0.05, 0.1) is 16.7 Å². The molecule has 1 aliphatic rings. The van der Waals surface area contributed by atoms with E-state index in [2.05, 4.69) is 181 Å². The lowest BCUT2D eigenvalue weighted by Crippen LogP contribution is -2.11. The monoisotopic (exact) mass is 818 g/mol. The van der Waals surface area contributed by atoms with Crippen molar-refractivity contribution in [3.8, 4) is 50.7 Å². The third-order valence-electron chi connectivity index (χ3n) is 12.9. The highest BCUT2D eigenvalue weighted by atomic mass is 16.3. The van der Waals surface area contributed by atoms with Crippen molar-refractivity contribution in [3.63, 3.8) is 0 Å². The summed E-state index contributed by atoms with van der Waals surface area (Å²) in [5.41, 5.74) is 11.9. The Hall–Kier alpha value is -8.41. The Morgan fingerprint density at radius 3 is 1.41 bits per heavy atom. The lowest BCUT2D eigenvalue weighted by Gasteiger charge is -2.16. The highest BCUT2D eigenvalue weighted by molar-refractivity contribution is 6.32. The van der Waals surface area contributed by atoms with Crippen LogP contribution < -0.4 is 0 Å². The van der Waals surface area contributed by atoms with Gasteiger partial charge in [-0.25, -0.2) is 15.0 Å². The maximum absolute atomic E-state index is 7.19. The summed E-state index contributed by atoms with van der Waals surface area (Å²) in [6.45, 7) is 0. The topological polar surface area (TPSA) is 56.7 Å². The lowest BCUT2D eigenvalue weighted by atomic mass is 9.92. The Bertz CT molecular complexity index is 3600. The minimum atomic E-state index is -0.114. The van der Waals surface area contributed by atoms with Crippen molar-refractivity contribution in [2.24, 2.45) is 0 Å². The molecule has 1 unspecified atom stereocenters. The molecule has 0 N–H and O–H groups in total. The van der Waals surface area contributed by atoms with E-state index in [1.807, 2.05) is 36.4 Å². The number of hydrogen-bond donors (Lipinski definition) is 0. The summed E-state index contributed by atoms with van der Waals surface area (Å²) in [4.78, 5) is 15.2. The normalized spacial score (nSPS) is 13.7. The third-order valence-corrected chi connectivity index (χ3v) is 12.9. The first-order valence-electron chi connectivity index (χ1n) is 21.9. The summed E-state index contributed by atoms with van der Waals surface area (Å²) in [6.07, 6.45) is 5.06. The summed E-state index contributed by atoms with van der Waals surface area (Å²) < 4.78 is 9.65. The van der Waals surface area contributed by atoms with Crippen molar-refractivity contribution in [2.45, 2.75) is 12.3 Å². The number of allylic oxidation sites excluding steroid dienone is 1. The Balaban J connectivity index is 1.05. The minimum Gasteiger partial charge on any atom is -0.458 e. The van der Waals surface area contributed by atoms with E-state index in [1.165, 1.54) is 54.6 Å². The highest BCUT2D eigenvalue weighted by Crippen LogP contribution is 2.48. The smallest absolute Gasteiger partial charge is 0.163 e. The molecule has 0 amide bonds. The van der Waals surface area contributed by atoms with E-state index in [1.54, 1.807) is 0 Å². The van der Waals surface area contributed by atoms with Crippen molar-refractivity contribution in [3.05, 3.63) is 223 Å². The molecule has 13 rings (SSSR count). The zero-order chi connectivity index (χ0) is 42.1. The van der Waals surface area contributed by atoms with E-state index < -0.39 is 0 Å². The maximum Gasteiger partial charge on any atom is 0.163 e. The van der Waals surface area contributed by atoms with Crippen molar-refractivity contribution in [2.75, 3.05) is 0 Å². The van der Waals surface area contributed by atoms with Crippen LogP contribution in [0.5, 0.6) is 0 Å². The van der Waals surface area contributed by atoms with Gasteiger partial charge in [0.15, 0.2) is 17.2 Å². The van der Waals surface area contributed by atoms with Crippen LogP contribution in [0.2, 0.25) is 0 Å². The van der Waals surface area contributed by atoms with Gasteiger partial charge in [-0.3, -0.25) is 0 Å². The van der Waals surface area contributed by atoms with Gasteiger partial charge in [-0.15, -0.1) is 0 Å². The summed E-state index contributed by atoms with van der Waals surface area (Å²) in [5.74, 6) is 2.85. The zero-order valence-electron chi connectivity index (χ0n) is 34.7. The molecule has 12 aromatic rings. The van der Waals surface area contributed by atoms with Crippen molar-refractivity contribution in [1.82, 2.24) is 19.5 Å². The summed E-state index contributed by atoms with van der Waals surface area (Å²) in [5, 5.41) is 8.43. The molecule has 5 nitrogen and oxygen atoms in total. The van der Waals surface area contributed by atoms with Crippen LogP contribution in [-0.2, 0) is 6.42 Å². The summed E-state index contributed by atoms with van der Waals surface area (Å²) >= 11 is 0. The quantitative estimate of drug-likeness (QED) is 0.168. The van der Waals surface area contributed by atoms with Gasteiger partial charge in [0.25, 0.3) is 0 Å². The van der Waals surface area contributed by atoms with E-state index in [4.69, 9.17) is 19.4 Å². The van der Waals surface area contributed by atoms with E-state index in [-0.39, 0.29) is 5.92 Å². The number of aromatic nitrogens is 4. The first-order chi connectivity index (χ1) is 31.7. The highest BCUT2D eigenvalue weighted by Gasteiger charge is 2.28. The van der Waals surface area contributed by atoms with Gasteiger partial charge in [0, 0.05) is 45.2 Å². The van der Waals surface area contributed by atoms with E-state index >= 15 is 0 Å².